The number of amides is 1. The normalized spacial score (nSPS) is 10.1. The van der Waals surface area contributed by atoms with Crippen LogP contribution in [0.2, 0.25) is 5.02 Å². The van der Waals surface area contributed by atoms with Gasteiger partial charge in [-0.1, -0.05) is 29.8 Å². The van der Waals surface area contributed by atoms with Gasteiger partial charge in [-0.05, 0) is 35.9 Å². The third-order valence-corrected chi connectivity index (χ3v) is 3.63. The fraction of sp³-hybridized carbons (Fsp3) is 0.278. The Kier molecular flexibility index (Phi) is 7.23. The molecule has 1 amide bonds. The van der Waals surface area contributed by atoms with Gasteiger partial charge in [0.15, 0.2) is 0 Å². The molecule has 0 aromatic heterocycles. The molecule has 0 aliphatic carbocycles. The highest BCUT2D eigenvalue weighted by Gasteiger charge is 2.04. The first kappa shape index (κ1) is 17.9. The van der Waals surface area contributed by atoms with E-state index in [0.717, 1.165) is 11.3 Å². The van der Waals surface area contributed by atoms with Crippen molar-refractivity contribution in [2.75, 3.05) is 26.9 Å². The fourth-order valence-electron chi connectivity index (χ4n) is 2.00. The van der Waals surface area contributed by atoms with Crippen molar-refractivity contribution >= 4 is 17.7 Å². The molecule has 2 aromatic carbocycles. The molecule has 2 aromatic rings. The maximum atomic E-state index is 11.6. The first-order valence-corrected chi connectivity index (χ1v) is 7.97. The molecule has 0 spiro atoms. The van der Waals surface area contributed by atoms with E-state index >= 15 is 0 Å². The number of hydrogen-bond acceptors (Lipinski definition) is 4. The van der Waals surface area contributed by atoms with Gasteiger partial charge in [0.25, 0.3) is 0 Å². The van der Waals surface area contributed by atoms with Gasteiger partial charge in [-0.15, -0.1) is 0 Å². The lowest BCUT2D eigenvalue weighted by atomic mass is 10.2. The van der Waals surface area contributed by atoms with Gasteiger partial charge in [0, 0.05) is 11.4 Å². The summed E-state index contributed by atoms with van der Waals surface area (Å²) in [6, 6.07) is 14.7. The Labute approximate surface area is 146 Å². The van der Waals surface area contributed by atoms with E-state index in [-0.39, 0.29) is 6.61 Å². The van der Waals surface area contributed by atoms with Crippen LogP contribution in [-0.4, -0.2) is 33.0 Å². The van der Waals surface area contributed by atoms with Crippen LogP contribution in [0.3, 0.4) is 0 Å². The van der Waals surface area contributed by atoms with Gasteiger partial charge in [0.05, 0.1) is 20.3 Å². The first-order valence-electron chi connectivity index (χ1n) is 7.60. The molecule has 0 radical (unpaired) electrons. The predicted molar refractivity (Wildman–Crippen MR) is 93.0 cm³/mol. The van der Waals surface area contributed by atoms with Crippen LogP contribution in [0.25, 0.3) is 0 Å². The van der Waals surface area contributed by atoms with Crippen LogP contribution in [0.15, 0.2) is 48.5 Å². The van der Waals surface area contributed by atoms with Crippen molar-refractivity contribution in [1.29, 1.82) is 0 Å². The van der Waals surface area contributed by atoms with Crippen molar-refractivity contribution in [3.05, 3.63) is 59.1 Å². The number of nitrogens with one attached hydrogen (secondary N) is 1. The van der Waals surface area contributed by atoms with Crippen LogP contribution >= 0.6 is 11.6 Å². The average molecular weight is 350 g/mol. The summed E-state index contributed by atoms with van der Waals surface area (Å²) in [6.45, 7) is 0.984. The van der Waals surface area contributed by atoms with Crippen LogP contribution in [-0.2, 0) is 11.2 Å². The SMILES string of the molecule is COc1ccc(OCCNC(=O)OCCc2ccccc2Cl)cc1. The predicted octanol–water partition coefficient (Wildman–Crippen LogP) is 3.70. The lowest BCUT2D eigenvalue weighted by Crippen LogP contribution is -2.29. The third-order valence-electron chi connectivity index (χ3n) is 3.26. The molecule has 0 atom stereocenters. The van der Waals surface area contributed by atoms with E-state index in [1.807, 2.05) is 36.4 Å². The molecule has 128 valence electrons. The smallest absolute Gasteiger partial charge is 0.407 e. The van der Waals surface area contributed by atoms with E-state index < -0.39 is 6.09 Å². The maximum Gasteiger partial charge on any atom is 0.407 e. The maximum absolute atomic E-state index is 11.6. The minimum atomic E-state index is -0.472. The zero-order valence-electron chi connectivity index (χ0n) is 13.5. The molecule has 0 aliphatic heterocycles. The minimum absolute atomic E-state index is 0.273. The number of ether oxygens (including phenoxy) is 3. The average Bonchev–Trinajstić information content (AvgIpc) is 2.61. The van der Waals surface area contributed by atoms with E-state index in [1.54, 1.807) is 19.2 Å². The van der Waals surface area contributed by atoms with Gasteiger partial charge in [-0.3, -0.25) is 0 Å². The Bertz CT molecular complexity index is 646. The van der Waals surface area contributed by atoms with Crippen LogP contribution in [0.4, 0.5) is 4.79 Å². The quantitative estimate of drug-likeness (QED) is 0.738. The second-order valence-corrected chi connectivity index (χ2v) is 5.34. The second kappa shape index (κ2) is 9.67. The van der Waals surface area contributed by atoms with Crippen molar-refractivity contribution in [1.82, 2.24) is 5.32 Å². The number of hydrogen-bond donors (Lipinski definition) is 1. The Balaban J connectivity index is 1.58. The molecule has 6 heteroatoms. The number of halogens is 1. The van der Waals surface area contributed by atoms with Crippen molar-refractivity contribution in [2.24, 2.45) is 0 Å². The highest BCUT2D eigenvalue weighted by Crippen LogP contribution is 2.17. The summed E-state index contributed by atoms with van der Waals surface area (Å²) in [5.74, 6) is 1.48. The summed E-state index contributed by atoms with van der Waals surface area (Å²) in [6.07, 6.45) is 0.107. The number of benzene rings is 2. The summed E-state index contributed by atoms with van der Waals surface area (Å²) in [4.78, 5) is 11.6. The highest BCUT2D eigenvalue weighted by molar-refractivity contribution is 6.31. The molecule has 5 nitrogen and oxygen atoms in total. The summed E-state index contributed by atoms with van der Waals surface area (Å²) in [5, 5.41) is 3.31. The van der Waals surface area contributed by atoms with Crippen LogP contribution < -0.4 is 14.8 Å². The standard InChI is InChI=1S/C18H20ClNO4/c1-22-15-6-8-16(9-7-15)23-13-11-20-18(21)24-12-10-14-4-2-3-5-17(14)19/h2-9H,10-13H2,1H3,(H,20,21). The minimum Gasteiger partial charge on any atom is -0.497 e. The van der Waals surface area contributed by atoms with E-state index in [9.17, 15) is 4.79 Å². The first-order chi connectivity index (χ1) is 11.7. The molecule has 0 heterocycles. The Morgan fingerprint density at radius 2 is 1.75 bits per heavy atom. The fourth-order valence-corrected chi connectivity index (χ4v) is 2.23. The molecular weight excluding hydrogens is 330 g/mol. The number of methoxy groups -OCH3 is 1. The van der Waals surface area contributed by atoms with Crippen LogP contribution in [0.1, 0.15) is 5.56 Å². The van der Waals surface area contributed by atoms with E-state index in [4.69, 9.17) is 25.8 Å². The zero-order chi connectivity index (χ0) is 17.2. The highest BCUT2D eigenvalue weighted by atomic mass is 35.5. The number of alkyl carbamates (subject to hydrolysis) is 1. The molecule has 0 bridgehead atoms. The topological polar surface area (TPSA) is 56.8 Å². The van der Waals surface area contributed by atoms with Gasteiger partial charge in [-0.25, -0.2) is 4.79 Å². The molecule has 0 fully saturated rings. The molecule has 24 heavy (non-hydrogen) atoms. The van der Waals surface area contributed by atoms with Crippen molar-refractivity contribution < 1.29 is 19.0 Å². The largest absolute Gasteiger partial charge is 0.497 e. The Hall–Kier alpha value is -2.40. The lowest BCUT2D eigenvalue weighted by Gasteiger charge is -2.09. The van der Waals surface area contributed by atoms with Crippen molar-refractivity contribution in [3.8, 4) is 11.5 Å². The van der Waals surface area contributed by atoms with Crippen LogP contribution in [0.5, 0.6) is 11.5 Å². The number of rotatable bonds is 8. The van der Waals surface area contributed by atoms with Gasteiger partial charge in [0.2, 0.25) is 0 Å². The summed E-state index contributed by atoms with van der Waals surface area (Å²) in [7, 11) is 1.61. The van der Waals surface area contributed by atoms with Crippen molar-refractivity contribution in [2.45, 2.75) is 6.42 Å². The van der Waals surface area contributed by atoms with E-state index in [1.165, 1.54) is 0 Å². The van der Waals surface area contributed by atoms with Crippen molar-refractivity contribution in [3.63, 3.8) is 0 Å². The number of carbonyl (C=O) groups excluding carboxylic acids is 1. The van der Waals surface area contributed by atoms with Gasteiger partial charge in [0.1, 0.15) is 18.1 Å². The molecule has 0 aliphatic rings. The Morgan fingerprint density at radius 1 is 1.04 bits per heavy atom. The van der Waals surface area contributed by atoms with Gasteiger partial charge >= 0.3 is 6.09 Å². The van der Waals surface area contributed by atoms with E-state index in [2.05, 4.69) is 5.32 Å². The zero-order valence-corrected chi connectivity index (χ0v) is 14.2. The Morgan fingerprint density at radius 3 is 2.46 bits per heavy atom. The number of carbonyl (C=O) groups is 1. The molecule has 0 saturated carbocycles. The molecular formula is C18H20ClNO4. The summed E-state index contributed by atoms with van der Waals surface area (Å²) >= 11 is 6.04. The third kappa shape index (κ3) is 6.01. The van der Waals surface area contributed by atoms with Gasteiger partial charge in [-0.2, -0.15) is 0 Å². The second-order valence-electron chi connectivity index (χ2n) is 4.93. The molecule has 0 unspecified atom stereocenters. The van der Waals surface area contributed by atoms with Gasteiger partial charge < -0.3 is 19.5 Å². The summed E-state index contributed by atoms with van der Waals surface area (Å²) < 4.78 is 15.7. The lowest BCUT2D eigenvalue weighted by molar-refractivity contribution is 0.145. The van der Waals surface area contributed by atoms with Crippen LogP contribution in [0, 0.1) is 0 Å². The monoisotopic (exact) mass is 349 g/mol. The molecule has 2 rings (SSSR count). The summed E-state index contributed by atoms with van der Waals surface area (Å²) in [5.41, 5.74) is 0.954. The molecule has 1 N–H and O–H groups in total. The van der Waals surface area contributed by atoms with E-state index in [0.29, 0.717) is 30.3 Å². The molecule has 0 saturated heterocycles.